The Labute approximate surface area is 222 Å². The first-order valence-electron chi connectivity index (χ1n) is 11.4. The van der Waals surface area contributed by atoms with Crippen LogP contribution in [0.4, 0.5) is 4.79 Å². The number of carbonyl (C=O) groups is 3. The molecular weight excluding hydrogens is 573 g/mol. The second-order valence-electron chi connectivity index (χ2n) is 8.47. The monoisotopic (exact) mass is 599 g/mol. The molecule has 1 saturated heterocycles. The molecule has 3 aromatic carbocycles. The van der Waals surface area contributed by atoms with Crippen LogP contribution in [0.25, 0.3) is 0 Å². The third-order valence-electron chi connectivity index (χ3n) is 6.45. The van der Waals surface area contributed by atoms with Crippen LogP contribution in [0.5, 0.6) is 5.75 Å². The number of ether oxygens (including phenoxy) is 1. The average Bonchev–Trinajstić information content (AvgIpc) is 3.19. The number of benzene rings is 3. The maximum absolute atomic E-state index is 13.9. The van der Waals surface area contributed by atoms with Crippen LogP contribution in [0.1, 0.15) is 35.6 Å². The Hall–Kier alpha value is -3.44. The fourth-order valence-electron chi connectivity index (χ4n) is 4.68. The standard InChI is InChI=1S/C27H26IN3O5/c1-17(18-5-3-2-4-6-18)27(25(29)34,20-9-11-21(28)12-10-20)31-24(33)23(30-26(31)35)19-7-13-22(14-8-19)36-16-15-32/h2-14,17,23,32H,15-16H2,1H3,(H2,29,34)(H,30,35)/t17-,23+,27-/m0/s1. The molecule has 0 saturated carbocycles. The zero-order valence-electron chi connectivity index (χ0n) is 19.6. The molecule has 186 valence electrons. The predicted octanol–water partition coefficient (Wildman–Crippen LogP) is 3.44. The van der Waals surface area contributed by atoms with Gasteiger partial charge in [0.05, 0.1) is 6.61 Å². The third kappa shape index (κ3) is 4.56. The lowest BCUT2D eigenvalue weighted by Crippen LogP contribution is -2.60. The molecule has 4 rings (SSSR count). The highest BCUT2D eigenvalue weighted by Crippen LogP contribution is 2.45. The molecule has 0 bridgehead atoms. The summed E-state index contributed by atoms with van der Waals surface area (Å²) in [6.45, 7) is 1.81. The quantitative estimate of drug-likeness (QED) is 0.257. The highest BCUT2D eigenvalue weighted by Gasteiger charge is 2.58. The number of imide groups is 1. The van der Waals surface area contributed by atoms with Crippen LogP contribution in [0.3, 0.4) is 0 Å². The fourth-order valence-corrected chi connectivity index (χ4v) is 5.04. The minimum atomic E-state index is -1.77. The van der Waals surface area contributed by atoms with Crippen LogP contribution in [0.2, 0.25) is 0 Å². The first-order valence-corrected chi connectivity index (χ1v) is 12.5. The van der Waals surface area contributed by atoms with Crippen molar-refractivity contribution in [2.24, 2.45) is 5.73 Å². The Morgan fingerprint density at radius 3 is 2.31 bits per heavy atom. The van der Waals surface area contributed by atoms with Gasteiger partial charge in [-0.2, -0.15) is 0 Å². The lowest BCUT2D eigenvalue weighted by molar-refractivity contribution is -0.142. The van der Waals surface area contributed by atoms with Crippen LogP contribution >= 0.6 is 22.6 Å². The predicted molar refractivity (Wildman–Crippen MR) is 142 cm³/mol. The summed E-state index contributed by atoms with van der Waals surface area (Å²) in [7, 11) is 0. The maximum Gasteiger partial charge on any atom is 0.326 e. The summed E-state index contributed by atoms with van der Waals surface area (Å²) in [5, 5.41) is 11.7. The van der Waals surface area contributed by atoms with Crippen molar-refractivity contribution in [1.82, 2.24) is 10.2 Å². The average molecular weight is 599 g/mol. The van der Waals surface area contributed by atoms with Crippen LogP contribution < -0.4 is 15.8 Å². The largest absolute Gasteiger partial charge is 0.491 e. The first kappa shape index (κ1) is 25.6. The Balaban J connectivity index is 1.81. The molecule has 4 N–H and O–H groups in total. The van der Waals surface area contributed by atoms with E-state index in [1.807, 2.05) is 42.5 Å². The summed E-state index contributed by atoms with van der Waals surface area (Å²) in [6.07, 6.45) is 0. The number of carbonyl (C=O) groups excluding carboxylic acids is 3. The number of aliphatic hydroxyl groups excluding tert-OH is 1. The summed E-state index contributed by atoms with van der Waals surface area (Å²) < 4.78 is 6.31. The molecule has 9 heteroatoms. The van der Waals surface area contributed by atoms with Crippen LogP contribution in [0.15, 0.2) is 78.9 Å². The van der Waals surface area contributed by atoms with E-state index in [1.165, 1.54) is 0 Å². The molecular formula is C27H26IN3O5. The van der Waals surface area contributed by atoms with E-state index in [-0.39, 0.29) is 13.2 Å². The topological polar surface area (TPSA) is 122 Å². The smallest absolute Gasteiger partial charge is 0.326 e. The number of amides is 4. The van der Waals surface area contributed by atoms with Crippen molar-refractivity contribution < 1.29 is 24.2 Å². The van der Waals surface area contributed by atoms with E-state index < -0.39 is 35.3 Å². The lowest BCUT2D eigenvalue weighted by atomic mass is 9.73. The highest BCUT2D eigenvalue weighted by molar-refractivity contribution is 14.1. The Morgan fingerprint density at radius 2 is 1.72 bits per heavy atom. The molecule has 0 radical (unpaired) electrons. The lowest BCUT2D eigenvalue weighted by Gasteiger charge is -2.42. The second kappa shape index (κ2) is 10.7. The van der Waals surface area contributed by atoms with Crippen molar-refractivity contribution in [3.8, 4) is 5.75 Å². The summed E-state index contributed by atoms with van der Waals surface area (Å²) in [5.74, 6) is -1.51. The van der Waals surface area contributed by atoms with Crippen molar-refractivity contribution in [2.75, 3.05) is 13.2 Å². The molecule has 8 nitrogen and oxygen atoms in total. The molecule has 1 heterocycles. The van der Waals surface area contributed by atoms with Crippen LogP contribution in [-0.2, 0) is 15.1 Å². The van der Waals surface area contributed by atoms with Gasteiger partial charge >= 0.3 is 6.03 Å². The Bertz CT molecular complexity index is 1250. The molecule has 0 unspecified atom stereocenters. The van der Waals surface area contributed by atoms with Gasteiger partial charge < -0.3 is 20.9 Å². The number of hydrogen-bond acceptors (Lipinski definition) is 5. The van der Waals surface area contributed by atoms with E-state index in [1.54, 1.807) is 43.3 Å². The summed E-state index contributed by atoms with van der Waals surface area (Å²) >= 11 is 2.15. The molecule has 3 aromatic rings. The van der Waals surface area contributed by atoms with Gasteiger partial charge in [0.2, 0.25) is 5.91 Å². The zero-order chi connectivity index (χ0) is 25.9. The van der Waals surface area contributed by atoms with Gasteiger partial charge in [0.1, 0.15) is 18.4 Å². The number of primary amides is 1. The normalized spacial score (nSPS) is 17.9. The summed E-state index contributed by atoms with van der Waals surface area (Å²) in [5.41, 5.74) is 6.04. The summed E-state index contributed by atoms with van der Waals surface area (Å²) in [4.78, 5) is 41.7. The van der Waals surface area contributed by atoms with E-state index >= 15 is 0 Å². The fraction of sp³-hybridized carbons (Fsp3) is 0.222. The van der Waals surface area contributed by atoms with Gasteiger partial charge in [0.15, 0.2) is 5.54 Å². The van der Waals surface area contributed by atoms with Gasteiger partial charge in [-0.1, -0.05) is 61.5 Å². The van der Waals surface area contributed by atoms with E-state index in [2.05, 4.69) is 27.9 Å². The van der Waals surface area contributed by atoms with Crippen LogP contribution in [-0.4, -0.2) is 41.1 Å². The Morgan fingerprint density at radius 1 is 1.08 bits per heavy atom. The SMILES string of the molecule is C[C@@H](c1ccccc1)[C@@](C(N)=O)(c1ccc(I)cc1)N1C(=O)N[C@H](c2ccc(OCCO)cc2)C1=O. The number of nitrogens with one attached hydrogen (secondary N) is 1. The zero-order valence-corrected chi connectivity index (χ0v) is 21.7. The van der Waals surface area contributed by atoms with Gasteiger partial charge in [-0.15, -0.1) is 0 Å². The number of aliphatic hydroxyl groups is 1. The number of halogens is 1. The van der Waals surface area contributed by atoms with E-state index in [9.17, 15) is 14.4 Å². The maximum atomic E-state index is 13.9. The number of nitrogens with two attached hydrogens (primary N) is 1. The van der Waals surface area contributed by atoms with Crippen molar-refractivity contribution in [1.29, 1.82) is 0 Å². The van der Waals surface area contributed by atoms with Crippen molar-refractivity contribution in [3.05, 3.63) is 99.1 Å². The van der Waals surface area contributed by atoms with Gasteiger partial charge in [-0.25, -0.2) is 9.69 Å². The van der Waals surface area contributed by atoms with Crippen molar-refractivity contribution in [2.45, 2.75) is 24.4 Å². The molecule has 0 aliphatic carbocycles. The minimum Gasteiger partial charge on any atom is -0.491 e. The van der Waals surface area contributed by atoms with Crippen molar-refractivity contribution >= 4 is 40.4 Å². The van der Waals surface area contributed by atoms with E-state index in [0.717, 1.165) is 14.0 Å². The minimum absolute atomic E-state index is 0.124. The number of urea groups is 1. The van der Waals surface area contributed by atoms with E-state index in [0.29, 0.717) is 16.9 Å². The second-order valence-corrected chi connectivity index (χ2v) is 9.71. The molecule has 0 spiro atoms. The number of nitrogens with zero attached hydrogens (tertiary/aromatic N) is 1. The number of rotatable bonds is 9. The van der Waals surface area contributed by atoms with Gasteiger partial charge in [-0.05, 0) is 63.5 Å². The van der Waals surface area contributed by atoms with Gasteiger partial charge in [0.25, 0.3) is 5.91 Å². The third-order valence-corrected chi connectivity index (χ3v) is 7.17. The van der Waals surface area contributed by atoms with E-state index in [4.69, 9.17) is 15.6 Å². The molecule has 1 aliphatic heterocycles. The molecule has 36 heavy (non-hydrogen) atoms. The molecule has 1 aliphatic rings. The van der Waals surface area contributed by atoms with Gasteiger partial charge in [0, 0.05) is 9.49 Å². The number of hydrogen-bond donors (Lipinski definition) is 3. The molecule has 4 amide bonds. The molecule has 3 atom stereocenters. The highest BCUT2D eigenvalue weighted by atomic mass is 127. The molecule has 1 fully saturated rings. The first-order chi connectivity index (χ1) is 17.3. The van der Waals surface area contributed by atoms with Crippen LogP contribution in [0, 0.1) is 3.57 Å². The van der Waals surface area contributed by atoms with Crippen molar-refractivity contribution in [3.63, 3.8) is 0 Å². The summed E-state index contributed by atoms with van der Waals surface area (Å²) in [6, 6.07) is 21.2. The molecule has 0 aromatic heterocycles. The Kier molecular flexibility index (Phi) is 7.60. The van der Waals surface area contributed by atoms with Gasteiger partial charge in [-0.3, -0.25) is 9.59 Å².